The van der Waals surface area contributed by atoms with E-state index >= 15 is 0 Å². The monoisotopic (exact) mass is 349 g/mol. The van der Waals surface area contributed by atoms with Crippen LogP contribution in [0.2, 0.25) is 5.15 Å². The molecule has 0 unspecified atom stereocenters. The molecule has 7 heteroatoms. The molecule has 1 aliphatic heterocycles. The molecule has 0 amide bonds. The summed E-state index contributed by atoms with van der Waals surface area (Å²) in [4.78, 5) is 3.97. The number of rotatable bonds is 3. The van der Waals surface area contributed by atoms with Crippen LogP contribution >= 0.6 is 11.6 Å². The molecule has 2 heterocycles. The fraction of sp³-hybridized carbons (Fsp3) is 0.353. The third kappa shape index (κ3) is 3.27. The molecule has 0 atom stereocenters. The van der Waals surface area contributed by atoms with E-state index in [0.717, 1.165) is 0 Å². The van der Waals surface area contributed by atoms with E-state index in [0.29, 0.717) is 5.46 Å². The van der Waals surface area contributed by atoms with Gasteiger partial charge in [-0.25, -0.2) is 9.37 Å². The number of pyridine rings is 1. The molecule has 0 aliphatic carbocycles. The lowest BCUT2D eigenvalue weighted by Crippen LogP contribution is -2.41. The summed E-state index contributed by atoms with van der Waals surface area (Å²) in [5.41, 5.74) is -0.361. The van der Waals surface area contributed by atoms with E-state index in [9.17, 15) is 4.39 Å². The van der Waals surface area contributed by atoms with Crippen molar-refractivity contribution in [2.24, 2.45) is 0 Å². The second-order valence-corrected chi connectivity index (χ2v) is 7.07. The van der Waals surface area contributed by atoms with Crippen molar-refractivity contribution < 1.29 is 18.4 Å². The van der Waals surface area contributed by atoms with E-state index in [1.165, 1.54) is 12.1 Å². The average Bonchev–Trinajstić information content (AvgIpc) is 2.70. The molecular formula is C17H18BClFNO3. The molecule has 0 radical (unpaired) electrons. The Balaban J connectivity index is 1.81. The van der Waals surface area contributed by atoms with Crippen molar-refractivity contribution in [2.45, 2.75) is 38.9 Å². The summed E-state index contributed by atoms with van der Waals surface area (Å²) in [7, 11) is -0.622. The van der Waals surface area contributed by atoms with Gasteiger partial charge < -0.3 is 14.0 Å². The molecule has 1 fully saturated rings. The van der Waals surface area contributed by atoms with E-state index < -0.39 is 24.1 Å². The maximum atomic E-state index is 14.4. The number of nitrogens with zero attached hydrogens (tertiary/aromatic N) is 1. The van der Waals surface area contributed by atoms with Crippen LogP contribution in [-0.2, 0) is 9.31 Å². The standard InChI is InChI=1S/C17H18BClFNO3/c1-16(2)17(3,4)24-18(23-16)11-8-9-13(12(20)10-11)22-15-7-5-6-14(19)21-15/h5-10H,1-4H3. The first-order valence-electron chi connectivity index (χ1n) is 7.63. The van der Waals surface area contributed by atoms with Crippen molar-refractivity contribution in [1.82, 2.24) is 4.98 Å². The molecule has 0 bridgehead atoms. The molecule has 1 aromatic heterocycles. The molecule has 0 N–H and O–H groups in total. The Morgan fingerprint density at radius 1 is 1.08 bits per heavy atom. The van der Waals surface area contributed by atoms with Gasteiger partial charge in [0.2, 0.25) is 5.88 Å². The van der Waals surface area contributed by atoms with Crippen molar-refractivity contribution in [1.29, 1.82) is 0 Å². The van der Waals surface area contributed by atoms with Crippen LogP contribution < -0.4 is 10.2 Å². The van der Waals surface area contributed by atoms with Crippen LogP contribution in [0.3, 0.4) is 0 Å². The molecule has 3 rings (SSSR count). The van der Waals surface area contributed by atoms with Crippen LogP contribution in [0.25, 0.3) is 0 Å². The van der Waals surface area contributed by atoms with Crippen LogP contribution in [0.5, 0.6) is 11.6 Å². The fourth-order valence-corrected chi connectivity index (χ4v) is 2.44. The number of aromatic nitrogens is 1. The number of ether oxygens (including phenoxy) is 1. The highest BCUT2D eigenvalue weighted by molar-refractivity contribution is 6.62. The molecule has 24 heavy (non-hydrogen) atoms. The van der Waals surface area contributed by atoms with Crippen LogP contribution in [0.15, 0.2) is 36.4 Å². The number of hydrogen-bond acceptors (Lipinski definition) is 4. The Morgan fingerprint density at radius 3 is 2.33 bits per heavy atom. The van der Waals surface area contributed by atoms with Gasteiger partial charge in [-0.1, -0.05) is 23.7 Å². The number of hydrogen-bond donors (Lipinski definition) is 0. The second kappa shape index (κ2) is 6.03. The predicted molar refractivity (Wildman–Crippen MR) is 91.4 cm³/mol. The van der Waals surface area contributed by atoms with Crippen LogP contribution in [0, 0.1) is 5.82 Å². The maximum absolute atomic E-state index is 14.4. The summed E-state index contributed by atoms with van der Waals surface area (Å²) in [5, 5.41) is 0.279. The minimum Gasteiger partial charge on any atom is -0.436 e. The van der Waals surface area contributed by atoms with E-state index in [4.69, 9.17) is 25.6 Å². The first-order valence-corrected chi connectivity index (χ1v) is 8.01. The van der Waals surface area contributed by atoms with Crippen molar-refractivity contribution in [3.8, 4) is 11.6 Å². The number of halogens is 2. The zero-order chi connectivity index (χ0) is 17.5. The van der Waals surface area contributed by atoms with E-state index in [2.05, 4.69) is 4.98 Å². The smallest absolute Gasteiger partial charge is 0.436 e. The molecule has 1 saturated heterocycles. The van der Waals surface area contributed by atoms with Crippen LogP contribution in [-0.4, -0.2) is 23.3 Å². The Kier molecular flexibility index (Phi) is 4.32. The highest BCUT2D eigenvalue weighted by Crippen LogP contribution is 2.36. The van der Waals surface area contributed by atoms with Gasteiger partial charge in [0, 0.05) is 6.07 Å². The summed E-state index contributed by atoms with van der Waals surface area (Å²) in [5.74, 6) is -0.237. The second-order valence-electron chi connectivity index (χ2n) is 6.68. The van der Waals surface area contributed by atoms with Gasteiger partial charge in [-0.2, -0.15) is 0 Å². The van der Waals surface area contributed by atoms with Gasteiger partial charge in [0.25, 0.3) is 0 Å². The average molecular weight is 350 g/mol. The van der Waals surface area contributed by atoms with Gasteiger partial charge in [-0.05, 0) is 51.4 Å². The van der Waals surface area contributed by atoms with Crippen molar-refractivity contribution in [2.75, 3.05) is 0 Å². The Morgan fingerprint density at radius 2 is 1.75 bits per heavy atom. The summed E-state index contributed by atoms with van der Waals surface area (Å²) < 4.78 is 31.7. The minimum absolute atomic E-state index is 0.0602. The van der Waals surface area contributed by atoms with Gasteiger partial charge >= 0.3 is 7.12 Å². The normalized spacial score (nSPS) is 18.7. The zero-order valence-electron chi connectivity index (χ0n) is 14.0. The predicted octanol–water partition coefficient (Wildman–Crippen LogP) is 3.97. The molecule has 1 aliphatic rings. The lowest BCUT2D eigenvalue weighted by molar-refractivity contribution is 0.00578. The Bertz CT molecular complexity index is 753. The van der Waals surface area contributed by atoms with Crippen molar-refractivity contribution in [3.05, 3.63) is 47.4 Å². The zero-order valence-corrected chi connectivity index (χ0v) is 14.7. The molecule has 126 valence electrons. The van der Waals surface area contributed by atoms with Gasteiger partial charge in [-0.15, -0.1) is 0 Å². The lowest BCUT2D eigenvalue weighted by atomic mass is 9.79. The lowest BCUT2D eigenvalue weighted by Gasteiger charge is -2.32. The first kappa shape index (κ1) is 17.2. The fourth-order valence-electron chi connectivity index (χ4n) is 2.28. The molecule has 0 spiro atoms. The molecule has 4 nitrogen and oxygen atoms in total. The SMILES string of the molecule is CC1(C)OB(c2ccc(Oc3cccc(Cl)n3)c(F)c2)OC1(C)C. The van der Waals surface area contributed by atoms with Gasteiger partial charge in [0.05, 0.1) is 11.2 Å². The van der Waals surface area contributed by atoms with Crippen LogP contribution in [0.4, 0.5) is 4.39 Å². The summed E-state index contributed by atoms with van der Waals surface area (Å²) in [6.07, 6.45) is 0. The first-order chi connectivity index (χ1) is 11.2. The highest BCUT2D eigenvalue weighted by atomic mass is 35.5. The van der Waals surface area contributed by atoms with Gasteiger partial charge in [-0.3, -0.25) is 0 Å². The molecule has 1 aromatic carbocycles. The summed E-state index contributed by atoms with van der Waals surface area (Å²) >= 11 is 5.80. The number of benzene rings is 1. The van der Waals surface area contributed by atoms with E-state index in [-0.39, 0.29) is 16.8 Å². The minimum atomic E-state index is -0.622. The summed E-state index contributed by atoms with van der Waals surface area (Å²) in [6.45, 7) is 7.80. The van der Waals surface area contributed by atoms with Gasteiger partial charge in [0.1, 0.15) is 5.15 Å². The largest absolute Gasteiger partial charge is 0.494 e. The maximum Gasteiger partial charge on any atom is 0.494 e. The van der Waals surface area contributed by atoms with Crippen molar-refractivity contribution in [3.63, 3.8) is 0 Å². The quantitative estimate of drug-likeness (QED) is 0.621. The molecule has 0 saturated carbocycles. The highest BCUT2D eigenvalue weighted by Gasteiger charge is 2.51. The third-order valence-corrected chi connectivity index (χ3v) is 4.60. The Hall–Kier alpha value is -1.63. The Labute approximate surface area is 146 Å². The van der Waals surface area contributed by atoms with Crippen LogP contribution in [0.1, 0.15) is 27.7 Å². The van der Waals surface area contributed by atoms with E-state index in [1.54, 1.807) is 24.3 Å². The van der Waals surface area contributed by atoms with E-state index in [1.807, 2.05) is 27.7 Å². The summed E-state index contributed by atoms with van der Waals surface area (Å²) in [6, 6.07) is 9.49. The third-order valence-electron chi connectivity index (χ3n) is 4.39. The van der Waals surface area contributed by atoms with Gasteiger partial charge in [0.15, 0.2) is 11.6 Å². The molecule has 2 aromatic rings. The topological polar surface area (TPSA) is 40.6 Å². The van der Waals surface area contributed by atoms with Crippen molar-refractivity contribution >= 4 is 24.2 Å². The molecular weight excluding hydrogens is 331 g/mol.